The summed E-state index contributed by atoms with van der Waals surface area (Å²) in [6.45, 7) is 7.11. The van der Waals surface area contributed by atoms with E-state index < -0.39 is 0 Å². The third kappa shape index (κ3) is 3.19. The van der Waals surface area contributed by atoms with E-state index in [0.29, 0.717) is 6.04 Å². The van der Waals surface area contributed by atoms with Crippen LogP contribution in [0.25, 0.3) is 0 Å². The number of aryl methyl sites for hydroxylation is 1. The van der Waals surface area contributed by atoms with Gasteiger partial charge in [-0.25, -0.2) is 4.98 Å². The lowest BCUT2D eigenvalue weighted by Gasteiger charge is -2.08. The van der Waals surface area contributed by atoms with Gasteiger partial charge in [0.2, 0.25) is 5.89 Å². The average Bonchev–Trinajstić information content (AvgIpc) is 2.61. The zero-order valence-electron chi connectivity index (χ0n) is 8.63. The van der Waals surface area contributed by atoms with Gasteiger partial charge in [-0.15, -0.1) is 0 Å². The molecule has 1 heterocycles. The molecule has 0 amide bonds. The molecule has 1 aromatic rings. The molecule has 13 heavy (non-hydrogen) atoms. The fraction of sp³-hybridized carbons (Fsp3) is 0.700. The summed E-state index contributed by atoms with van der Waals surface area (Å²) in [5.41, 5.74) is 0. The summed E-state index contributed by atoms with van der Waals surface area (Å²) in [6, 6.07) is 0.525. The first kappa shape index (κ1) is 10.3. The number of nitrogens with zero attached hydrogens (tertiary/aromatic N) is 1. The molecule has 0 aromatic carbocycles. The molecule has 0 aliphatic carbocycles. The lowest BCUT2D eigenvalue weighted by molar-refractivity contribution is 0.418. The lowest BCUT2D eigenvalue weighted by atomic mass is 10.3. The van der Waals surface area contributed by atoms with Crippen LogP contribution >= 0.6 is 0 Å². The van der Waals surface area contributed by atoms with Crippen molar-refractivity contribution in [3.63, 3.8) is 0 Å². The fourth-order valence-corrected chi connectivity index (χ4v) is 0.999. The summed E-state index contributed by atoms with van der Waals surface area (Å²) in [5.74, 6) is 1.75. The van der Waals surface area contributed by atoms with Gasteiger partial charge in [-0.3, -0.25) is 0 Å². The summed E-state index contributed by atoms with van der Waals surface area (Å²) in [4.78, 5) is 4.16. The van der Waals surface area contributed by atoms with Crippen molar-refractivity contribution in [1.29, 1.82) is 0 Å². The Bertz CT molecular complexity index is 245. The molecule has 0 saturated heterocycles. The smallest absolute Gasteiger partial charge is 0.208 e. The molecule has 0 saturated carbocycles. The quantitative estimate of drug-likeness (QED) is 0.758. The number of aromatic nitrogens is 1. The summed E-state index contributed by atoms with van der Waals surface area (Å²) in [7, 11) is 0. The molecule has 0 spiro atoms. The Balaban J connectivity index is 2.36. The molecule has 1 atom stereocenters. The molecule has 1 N–H and O–H groups in total. The van der Waals surface area contributed by atoms with Crippen molar-refractivity contribution in [1.82, 2.24) is 10.3 Å². The zero-order chi connectivity index (χ0) is 9.68. The molecule has 0 radical (unpaired) electrons. The van der Waals surface area contributed by atoms with Crippen LogP contribution in [0.5, 0.6) is 0 Å². The zero-order valence-corrected chi connectivity index (χ0v) is 8.63. The van der Waals surface area contributed by atoms with Crippen LogP contribution in [0, 0.1) is 0 Å². The van der Waals surface area contributed by atoms with Crippen LogP contribution in [0.3, 0.4) is 0 Å². The molecule has 0 bridgehead atoms. The summed E-state index contributed by atoms with van der Waals surface area (Å²) < 4.78 is 5.45. The first-order chi connectivity index (χ1) is 6.26. The van der Waals surface area contributed by atoms with E-state index in [1.54, 1.807) is 6.20 Å². The van der Waals surface area contributed by atoms with Gasteiger partial charge in [0, 0.05) is 12.5 Å². The molecule has 0 aliphatic heterocycles. The maximum Gasteiger partial charge on any atom is 0.208 e. The van der Waals surface area contributed by atoms with Gasteiger partial charge < -0.3 is 9.73 Å². The predicted octanol–water partition coefficient (Wildman–Crippen LogP) is 2.13. The van der Waals surface area contributed by atoms with Gasteiger partial charge in [-0.05, 0) is 13.3 Å². The van der Waals surface area contributed by atoms with Gasteiger partial charge in [0.15, 0.2) is 0 Å². The molecule has 1 aromatic heterocycles. The Morgan fingerprint density at radius 1 is 1.54 bits per heavy atom. The highest BCUT2D eigenvalue weighted by molar-refractivity contribution is 4.93. The highest BCUT2D eigenvalue weighted by Gasteiger charge is 2.03. The van der Waals surface area contributed by atoms with Crippen LogP contribution in [-0.4, -0.2) is 11.0 Å². The number of hydrogen-bond donors (Lipinski definition) is 1. The van der Waals surface area contributed by atoms with Crippen molar-refractivity contribution in [2.75, 3.05) is 0 Å². The number of nitrogens with one attached hydrogen (secondary N) is 1. The van der Waals surface area contributed by atoms with Crippen molar-refractivity contribution < 1.29 is 4.42 Å². The van der Waals surface area contributed by atoms with Crippen LogP contribution < -0.4 is 5.32 Å². The van der Waals surface area contributed by atoms with Gasteiger partial charge in [0.25, 0.3) is 0 Å². The van der Waals surface area contributed by atoms with E-state index in [1.807, 2.05) is 0 Å². The van der Waals surface area contributed by atoms with Crippen LogP contribution in [-0.2, 0) is 13.0 Å². The molecule has 3 heteroatoms. The molecule has 0 fully saturated rings. The van der Waals surface area contributed by atoms with Crippen LogP contribution in [0.1, 0.15) is 38.8 Å². The predicted molar refractivity (Wildman–Crippen MR) is 52.5 cm³/mol. The Morgan fingerprint density at radius 2 is 2.31 bits per heavy atom. The topological polar surface area (TPSA) is 38.1 Å². The second-order valence-electron chi connectivity index (χ2n) is 3.26. The third-order valence-electron chi connectivity index (χ3n) is 2.16. The normalized spacial score (nSPS) is 13.2. The number of hydrogen-bond acceptors (Lipinski definition) is 3. The van der Waals surface area contributed by atoms with Crippen LogP contribution in [0.2, 0.25) is 0 Å². The molecular formula is C10H18N2O. The van der Waals surface area contributed by atoms with E-state index in [1.165, 1.54) is 0 Å². The maximum atomic E-state index is 5.45. The van der Waals surface area contributed by atoms with E-state index in [2.05, 4.69) is 31.1 Å². The van der Waals surface area contributed by atoms with E-state index in [4.69, 9.17) is 4.42 Å². The second kappa shape index (κ2) is 5.02. The molecule has 1 unspecified atom stereocenters. The third-order valence-corrected chi connectivity index (χ3v) is 2.16. The Kier molecular flexibility index (Phi) is 3.96. The van der Waals surface area contributed by atoms with Crippen LogP contribution in [0.4, 0.5) is 0 Å². The van der Waals surface area contributed by atoms with Gasteiger partial charge in [-0.1, -0.05) is 13.8 Å². The van der Waals surface area contributed by atoms with E-state index in [0.717, 1.165) is 31.0 Å². The Hall–Kier alpha value is -0.830. The molecule has 74 valence electrons. The highest BCUT2D eigenvalue weighted by Crippen LogP contribution is 2.04. The SMILES string of the molecule is CCc1cnc(CNC(C)CC)o1. The van der Waals surface area contributed by atoms with Crippen molar-refractivity contribution in [3.05, 3.63) is 17.8 Å². The molecule has 1 rings (SSSR count). The van der Waals surface area contributed by atoms with Crippen molar-refractivity contribution in [3.8, 4) is 0 Å². The number of rotatable bonds is 5. The minimum absolute atomic E-state index is 0.525. The maximum absolute atomic E-state index is 5.45. The summed E-state index contributed by atoms with van der Waals surface area (Å²) in [6.07, 6.45) is 3.84. The fourth-order valence-electron chi connectivity index (χ4n) is 0.999. The molecule has 0 aliphatic rings. The Labute approximate surface area is 79.5 Å². The van der Waals surface area contributed by atoms with Gasteiger partial charge >= 0.3 is 0 Å². The van der Waals surface area contributed by atoms with Crippen molar-refractivity contribution in [2.45, 2.75) is 46.2 Å². The van der Waals surface area contributed by atoms with Crippen LogP contribution in [0.15, 0.2) is 10.6 Å². The van der Waals surface area contributed by atoms with E-state index in [9.17, 15) is 0 Å². The summed E-state index contributed by atoms with van der Waals surface area (Å²) >= 11 is 0. The molecule has 3 nitrogen and oxygen atoms in total. The Morgan fingerprint density at radius 3 is 2.85 bits per heavy atom. The standard InChI is InChI=1S/C10H18N2O/c1-4-8(3)11-7-10-12-6-9(5-2)13-10/h6,8,11H,4-5,7H2,1-3H3. The monoisotopic (exact) mass is 182 g/mol. The summed E-state index contributed by atoms with van der Waals surface area (Å²) in [5, 5.41) is 3.33. The van der Waals surface area contributed by atoms with Gasteiger partial charge in [0.1, 0.15) is 5.76 Å². The lowest BCUT2D eigenvalue weighted by Crippen LogP contribution is -2.24. The van der Waals surface area contributed by atoms with Gasteiger partial charge in [0.05, 0.1) is 12.7 Å². The first-order valence-corrected chi connectivity index (χ1v) is 4.93. The first-order valence-electron chi connectivity index (χ1n) is 4.93. The van der Waals surface area contributed by atoms with Crippen molar-refractivity contribution in [2.24, 2.45) is 0 Å². The van der Waals surface area contributed by atoms with E-state index >= 15 is 0 Å². The number of oxazole rings is 1. The minimum atomic E-state index is 0.525. The second-order valence-corrected chi connectivity index (χ2v) is 3.26. The molecular weight excluding hydrogens is 164 g/mol. The van der Waals surface area contributed by atoms with E-state index in [-0.39, 0.29) is 0 Å². The minimum Gasteiger partial charge on any atom is -0.444 e. The van der Waals surface area contributed by atoms with Gasteiger partial charge in [-0.2, -0.15) is 0 Å². The highest BCUT2D eigenvalue weighted by atomic mass is 16.4. The largest absolute Gasteiger partial charge is 0.444 e. The van der Waals surface area contributed by atoms with Crippen molar-refractivity contribution >= 4 is 0 Å². The average molecular weight is 182 g/mol.